The summed E-state index contributed by atoms with van der Waals surface area (Å²) in [6.07, 6.45) is 0. The summed E-state index contributed by atoms with van der Waals surface area (Å²) in [4.78, 5) is 0. The van der Waals surface area contributed by atoms with Gasteiger partial charge in [-0.15, -0.1) is 0 Å². The summed E-state index contributed by atoms with van der Waals surface area (Å²) in [7, 11) is 0. The summed E-state index contributed by atoms with van der Waals surface area (Å²) >= 11 is 0. The predicted molar refractivity (Wildman–Crippen MR) is 263 cm³/mol. The van der Waals surface area contributed by atoms with Crippen LogP contribution < -0.4 is 0 Å². The Kier molecular flexibility index (Phi) is 7.85. The van der Waals surface area contributed by atoms with Gasteiger partial charge in [-0.3, -0.25) is 0 Å². The van der Waals surface area contributed by atoms with E-state index in [0.717, 1.165) is 11.4 Å². The van der Waals surface area contributed by atoms with Gasteiger partial charge in [-0.05, 0) is 122 Å². The molecule has 0 fully saturated rings. The topological polar surface area (TPSA) is 9.86 Å². The number of benzene rings is 10. The van der Waals surface area contributed by atoms with E-state index in [9.17, 15) is 0 Å². The van der Waals surface area contributed by atoms with Crippen LogP contribution in [-0.4, -0.2) is 9.13 Å². The molecule has 1 aliphatic carbocycles. The first-order chi connectivity index (χ1) is 31.3. The highest BCUT2D eigenvalue weighted by Gasteiger charge is 2.46. The average Bonchev–Trinajstić information content (AvgIpc) is 3.98. The zero-order valence-corrected chi connectivity index (χ0v) is 34.5. The van der Waals surface area contributed by atoms with E-state index in [4.69, 9.17) is 0 Å². The van der Waals surface area contributed by atoms with Crippen molar-refractivity contribution in [3.8, 4) is 44.8 Å². The molecule has 1 aliphatic rings. The van der Waals surface area contributed by atoms with E-state index in [1.165, 1.54) is 99.2 Å². The highest BCUT2D eigenvalue weighted by Crippen LogP contribution is 2.56. The maximum atomic E-state index is 2.49. The minimum atomic E-state index is -0.484. The molecule has 0 aliphatic heterocycles. The van der Waals surface area contributed by atoms with E-state index < -0.39 is 5.41 Å². The largest absolute Gasteiger partial charge is 0.309 e. The van der Waals surface area contributed by atoms with Crippen LogP contribution in [-0.2, 0) is 5.41 Å². The van der Waals surface area contributed by atoms with E-state index in [-0.39, 0.29) is 0 Å². The third-order valence-corrected chi connectivity index (χ3v) is 13.6. The number of nitrogens with zero attached hydrogens (tertiary/aromatic N) is 2. The smallest absolute Gasteiger partial charge is 0.0713 e. The molecule has 0 N–H and O–H groups in total. The minimum Gasteiger partial charge on any atom is -0.309 e. The molecule has 13 rings (SSSR count). The Morgan fingerprint density at radius 1 is 0.254 bits per heavy atom. The van der Waals surface area contributed by atoms with Crippen molar-refractivity contribution in [2.24, 2.45) is 0 Å². The third-order valence-electron chi connectivity index (χ3n) is 13.6. The maximum Gasteiger partial charge on any atom is 0.0713 e. The van der Waals surface area contributed by atoms with Gasteiger partial charge in [0.15, 0.2) is 0 Å². The monoisotopic (exact) mass is 800 g/mol. The Hall–Kier alpha value is -8.20. The first-order valence-corrected chi connectivity index (χ1v) is 21.8. The molecule has 2 aromatic heterocycles. The maximum absolute atomic E-state index is 2.49. The summed E-state index contributed by atoms with van der Waals surface area (Å²) in [5, 5.41) is 4.96. The molecule has 0 amide bonds. The molecular formula is C61H40N2. The lowest BCUT2D eigenvalue weighted by molar-refractivity contribution is 0.770. The summed E-state index contributed by atoms with van der Waals surface area (Å²) in [5.74, 6) is 0. The summed E-state index contributed by atoms with van der Waals surface area (Å²) < 4.78 is 4.84. The molecular weight excluding hydrogens is 761 g/mol. The molecule has 63 heavy (non-hydrogen) atoms. The normalized spacial score (nSPS) is 12.9. The molecule has 12 aromatic rings. The Bertz CT molecular complexity index is 3660. The molecule has 10 aromatic carbocycles. The van der Waals surface area contributed by atoms with Crippen LogP contribution in [0.2, 0.25) is 0 Å². The second kappa shape index (κ2) is 13.9. The Labute approximate surface area is 366 Å². The molecule has 0 unspecified atom stereocenters. The summed E-state index contributed by atoms with van der Waals surface area (Å²) in [6.45, 7) is 0. The van der Waals surface area contributed by atoms with Crippen molar-refractivity contribution in [3.63, 3.8) is 0 Å². The lowest BCUT2D eigenvalue weighted by Gasteiger charge is -2.34. The van der Waals surface area contributed by atoms with Gasteiger partial charge >= 0.3 is 0 Å². The van der Waals surface area contributed by atoms with Crippen LogP contribution in [0, 0.1) is 0 Å². The Morgan fingerprint density at radius 2 is 0.683 bits per heavy atom. The van der Waals surface area contributed by atoms with E-state index in [1.54, 1.807) is 0 Å². The van der Waals surface area contributed by atoms with Gasteiger partial charge in [-0.25, -0.2) is 0 Å². The minimum absolute atomic E-state index is 0.484. The molecule has 0 spiro atoms. The fraction of sp³-hybridized carbons (Fsp3) is 0.0164. The lowest BCUT2D eigenvalue weighted by atomic mass is 9.67. The molecule has 0 saturated heterocycles. The number of fused-ring (bicyclic) bond motifs is 9. The first-order valence-electron chi connectivity index (χ1n) is 21.8. The predicted octanol–water partition coefficient (Wildman–Crippen LogP) is 15.6. The van der Waals surface area contributed by atoms with Crippen LogP contribution in [0.4, 0.5) is 0 Å². The van der Waals surface area contributed by atoms with Crippen LogP contribution in [0.25, 0.3) is 88.4 Å². The molecule has 2 nitrogen and oxygen atoms in total. The number of aromatic nitrogens is 2. The van der Waals surface area contributed by atoms with E-state index in [2.05, 4.69) is 252 Å². The molecule has 0 bridgehead atoms. The molecule has 0 radical (unpaired) electrons. The van der Waals surface area contributed by atoms with Crippen LogP contribution in [0.3, 0.4) is 0 Å². The van der Waals surface area contributed by atoms with Crippen molar-refractivity contribution in [2.75, 3.05) is 0 Å². The third kappa shape index (κ3) is 5.25. The van der Waals surface area contributed by atoms with Gasteiger partial charge in [-0.1, -0.05) is 176 Å². The number of hydrogen-bond donors (Lipinski definition) is 0. The van der Waals surface area contributed by atoms with Gasteiger partial charge in [0.1, 0.15) is 0 Å². The second-order valence-electron chi connectivity index (χ2n) is 16.8. The van der Waals surface area contributed by atoms with E-state index in [1.807, 2.05) is 0 Å². The van der Waals surface area contributed by atoms with Crippen molar-refractivity contribution < 1.29 is 0 Å². The molecule has 0 atom stereocenters. The second-order valence-corrected chi connectivity index (χ2v) is 16.8. The SMILES string of the molecule is c1ccc(-c2ccc(-n3c4ccccc4c4cc(-c5ccc6c(c5)c5cc(C7(c8ccccc8)c8ccccc8-c8ccccc87)ccc5n6-c5ccccc5)ccc43)cc2)cc1. The van der Waals surface area contributed by atoms with Crippen molar-refractivity contribution in [2.45, 2.75) is 5.41 Å². The van der Waals surface area contributed by atoms with E-state index >= 15 is 0 Å². The van der Waals surface area contributed by atoms with Crippen molar-refractivity contribution >= 4 is 43.6 Å². The average molecular weight is 801 g/mol. The molecule has 0 saturated carbocycles. The van der Waals surface area contributed by atoms with Crippen LogP contribution >= 0.6 is 0 Å². The lowest BCUT2D eigenvalue weighted by Crippen LogP contribution is -2.28. The molecule has 2 heteroatoms. The van der Waals surface area contributed by atoms with Crippen LogP contribution in [0.5, 0.6) is 0 Å². The van der Waals surface area contributed by atoms with Gasteiger partial charge in [0, 0.05) is 32.9 Å². The number of para-hydroxylation sites is 2. The summed E-state index contributed by atoms with van der Waals surface area (Å²) in [6, 6.07) is 89.6. The van der Waals surface area contributed by atoms with E-state index in [0.29, 0.717) is 0 Å². The number of hydrogen-bond acceptors (Lipinski definition) is 0. The van der Waals surface area contributed by atoms with Gasteiger partial charge in [0.2, 0.25) is 0 Å². The number of rotatable bonds is 6. The molecule has 294 valence electrons. The van der Waals surface area contributed by atoms with Crippen molar-refractivity contribution in [3.05, 3.63) is 265 Å². The van der Waals surface area contributed by atoms with Gasteiger partial charge < -0.3 is 9.13 Å². The Balaban J connectivity index is 1.02. The van der Waals surface area contributed by atoms with Crippen molar-refractivity contribution in [1.82, 2.24) is 9.13 Å². The quantitative estimate of drug-likeness (QED) is 0.159. The van der Waals surface area contributed by atoms with Gasteiger partial charge in [0.05, 0.1) is 27.5 Å². The standard InChI is InChI=1S/C61H40N2/c1-4-16-41(17-5-1)42-28-33-48(34-29-42)63-57-27-15-12-24-51(57)52-38-43(30-35-58(52)63)44-31-36-59-53(39-44)54-40-46(32-37-60(54)62(59)47-20-8-3-9-21-47)61(45-18-6-2-7-19-45)55-25-13-10-22-49(55)50-23-11-14-26-56(50)61/h1-40H. The Morgan fingerprint density at radius 3 is 1.32 bits per heavy atom. The molecule has 2 heterocycles. The highest BCUT2D eigenvalue weighted by atomic mass is 15.0. The van der Waals surface area contributed by atoms with Gasteiger partial charge in [0.25, 0.3) is 0 Å². The highest BCUT2D eigenvalue weighted by molar-refractivity contribution is 6.13. The van der Waals surface area contributed by atoms with Crippen LogP contribution in [0.15, 0.2) is 243 Å². The first kappa shape index (κ1) is 35.5. The van der Waals surface area contributed by atoms with Crippen LogP contribution in [0.1, 0.15) is 22.3 Å². The fourth-order valence-corrected chi connectivity index (χ4v) is 10.9. The van der Waals surface area contributed by atoms with Gasteiger partial charge in [-0.2, -0.15) is 0 Å². The zero-order chi connectivity index (χ0) is 41.5. The van der Waals surface area contributed by atoms with Crippen molar-refractivity contribution in [1.29, 1.82) is 0 Å². The summed E-state index contributed by atoms with van der Waals surface area (Å²) in [5.41, 5.74) is 19.2. The zero-order valence-electron chi connectivity index (χ0n) is 34.5. The fourth-order valence-electron chi connectivity index (χ4n) is 10.9.